The van der Waals surface area contributed by atoms with Crippen molar-refractivity contribution in [2.45, 2.75) is 18.2 Å². The molecule has 4 N–H and O–H groups in total. The number of nitrogens with one attached hydrogen (secondary N) is 1. The van der Waals surface area contributed by atoms with Crippen molar-refractivity contribution in [3.05, 3.63) is 24.2 Å². The van der Waals surface area contributed by atoms with E-state index in [0.717, 1.165) is 5.39 Å². The molecule has 29 heavy (non-hydrogen) atoms. The monoisotopic (exact) mass is 416 g/mol. The minimum atomic E-state index is -2.12. The van der Waals surface area contributed by atoms with Crippen LogP contribution in [0.4, 0.5) is 11.5 Å². The lowest BCUT2D eigenvalue weighted by atomic mass is 10.1. The van der Waals surface area contributed by atoms with Crippen LogP contribution in [0.5, 0.6) is 5.75 Å². The smallest absolute Gasteiger partial charge is 0.184 e. The summed E-state index contributed by atoms with van der Waals surface area (Å²) in [7, 11) is 0. The van der Waals surface area contributed by atoms with Gasteiger partial charge in [0.15, 0.2) is 28.5 Å². The van der Waals surface area contributed by atoms with Crippen molar-refractivity contribution in [2.75, 3.05) is 37.0 Å². The zero-order valence-electron chi connectivity index (χ0n) is 15.7. The lowest BCUT2D eigenvalue weighted by molar-refractivity contribution is 0.0693. The number of nitrogens with two attached hydrogens (primary N) is 1. The van der Waals surface area contributed by atoms with Gasteiger partial charge in [-0.3, -0.25) is 0 Å². The summed E-state index contributed by atoms with van der Waals surface area (Å²) in [6, 6.07) is 1.89. The van der Waals surface area contributed by atoms with Crippen molar-refractivity contribution in [1.82, 2.24) is 19.9 Å². The Morgan fingerprint density at radius 1 is 1.41 bits per heavy atom. The highest BCUT2D eigenvalue weighted by Crippen LogP contribution is 2.42. The van der Waals surface area contributed by atoms with E-state index in [1.807, 2.05) is 6.07 Å². The third-order valence-corrected chi connectivity index (χ3v) is 6.15. The van der Waals surface area contributed by atoms with Crippen molar-refractivity contribution in [2.24, 2.45) is 0 Å². The second-order valence-corrected chi connectivity index (χ2v) is 8.32. The van der Waals surface area contributed by atoms with Crippen molar-refractivity contribution < 1.29 is 18.2 Å². The highest BCUT2D eigenvalue weighted by molar-refractivity contribution is 7.79. The Kier molecular flexibility index (Phi) is 4.37. The molecule has 0 spiro atoms. The average molecular weight is 416 g/mol. The molecule has 5 rings (SSSR count). The van der Waals surface area contributed by atoms with Crippen LogP contribution in [-0.2, 0) is 15.8 Å². The van der Waals surface area contributed by atoms with Crippen LogP contribution < -0.4 is 15.4 Å². The van der Waals surface area contributed by atoms with Gasteiger partial charge in [-0.1, -0.05) is 0 Å². The Hall–Kier alpha value is -2.76. The predicted octanol–water partition coefficient (Wildman–Crippen LogP) is 1.48. The van der Waals surface area contributed by atoms with Crippen molar-refractivity contribution in [3.8, 4) is 17.1 Å². The number of pyridine rings is 1. The zero-order valence-corrected chi connectivity index (χ0v) is 16.5. The van der Waals surface area contributed by atoms with Gasteiger partial charge >= 0.3 is 0 Å². The minimum Gasteiger partial charge on any atom is -0.486 e. The second-order valence-electron chi connectivity index (χ2n) is 7.07. The highest BCUT2D eigenvalue weighted by atomic mass is 32.2. The zero-order chi connectivity index (χ0) is 20.1. The molecule has 3 atom stereocenters. The van der Waals surface area contributed by atoms with Crippen LogP contribution in [0, 0.1) is 0 Å². The molecule has 3 unspecified atom stereocenters. The topological polar surface area (TPSA) is 139 Å². The molecule has 0 saturated carbocycles. The number of morpholine rings is 1. The van der Waals surface area contributed by atoms with Crippen molar-refractivity contribution in [3.63, 3.8) is 0 Å². The summed E-state index contributed by atoms with van der Waals surface area (Å²) in [5.41, 5.74) is 8.35. The summed E-state index contributed by atoms with van der Waals surface area (Å²) in [5.74, 6) is 1.41. The van der Waals surface area contributed by atoms with Crippen LogP contribution in [0.1, 0.15) is 17.9 Å². The van der Waals surface area contributed by atoms with Gasteiger partial charge in [0.25, 0.3) is 0 Å². The minimum absolute atomic E-state index is 0.0313. The molecule has 0 radical (unpaired) electrons. The lowest BCUT2D eigenvalue weighted by Gasteiger charge is -2.41. The largest absolute Gasteiger partial charge is 0.486 e. The van der Waals surface area contributed by atoms with Gasteiger partial charge < -0.3 is 29.6 Å². The van der Waals surface area contributed by atoms with Crippen molar-refractivity contribution >= 4 is 33.6 Å². The van der Waals surface area contributed by atoms with Gasteiger partial charge in [0.2, 0.25) is 0 Å². The fraction of sp³-hybridized carbons (Fsp3) is 0.389. The Labute approximate surface area is 168 Å². The summed E-state index contributed by atoms with van der Waals surface area (Å²) in [6.07, 6.45) is 3.32. The van der Waals surface area contributed by atoms with Crippen LogP contribution in [0.15, 0.2) is 18.5 Å². The summed E-state index contributed by atoms with van der Waals surface area (Å²) in [5, 5.41) is 0.0248. The number of H-pyrrole nitrogens is 1. The molecule has 3 aromatic rings. The number of nitrogens with zero attached hydrogens (tertiary/aromatic N) is 4. The SMILES string of the molecule is CC(c1nc(-c2c(N)cnc3[nH]ccc23)nc2c1OCC1COCCN21)S(=O)O. The Morgan fingerprint density at radius 3 is 3.10 bits per heavy atom. The summed E-state index contributed by atoms with van der Waals surface area (Å²) in [6.45, 7) is 3.81. The van der Waals surface area contributed by atoms with Crippen LogP contribution in [0.25, 0.3) is 22.4 Å². The molecule has 11 heteroatoms. The van der Waals surface area contributed by atoms with Gasteiger partial charge in [-0.25, -0.2) is 19.2 Å². The van der Waals surface area contributed by atoms with Crippen molar-refractivity contribution in [1.29, 1.82) is 0 Å². The first-order valence-corrected chi connectivity index (χ1v) is 10.4. The number of nitrogen functional groups attached to an aromatic ring is 1. The summed E-state index contributed by atoms with van der Waals surface area (Å²) < 4.78 is 33.1. The first-order valence-electron chi connectivity index (χ1n) is 9.25. The van der Waals surface area contributed by atoms with Crippen LogP contribution in [-0.4, -0.2) is 61.1 Å². The number of hydrogen-bond acceptors (Lipinski definition) is 8. The number of fused-ring (bicyclic) bond motifs is 4. The van der Waals surface area contributed by atoms with E-state index < -0.39 is 16.3 Å². The predicted molar refractivity (Wildman–Crippen MR) is 108 cm³/mol. The molecule has 0 aliphatic carbocycles. The van der Waals surface area contributed by atoms with E-state index in [4.69, 9.17) is 20.2 Å². The second kappa shape index (κ2) is 6.94. The van der Waals surface area contributed by atoms with E-state index in [-0.39, 0.29) is 6.04 Å². The van der Waals surface area contributed by atoms with E-state index >= 15 is 0 Å². The van der Waals surface area contributed by atoms with Gasteiger partial charge in [0, 0.05) is 18.1 Å². The van der Waals surface area contributed by atoms with Gasteiger partial charge in [-0.15, -0.1) is 0 Å². The Bertz CT molecular complexity index is 1120. The van der Waals surface area contributed by atoms with Gasteiger partial charge in [-0.05, 0) is 13.0 Å². The van der Waals surface area contributed by atoms with Gasteiger partial charge in [-0.2, -0.15) is 0 Å². The molecular formula is C18H20N6O4S. The summed E-state index contributed by atoms with van der Waals surface area (Å²) >= 11 is -2.12. The molecule has 152 valence electrons. The number of aromatic amines is 1. The van der Waals surface area contributed by atoms with E-state index in [2.05, 4.69) is 19.9 Å². The Morgan fingerprint density at radius 2 is 2.28 bits per heavy atom. The molecule has 1 saturated heterocycles. The maximum Gasteiger partial charge on any atom is 0.184 e. The third-order valence-electron chi connectivity index (χ3n) is 5.32. The van der Waals surface area contributed by atoms with Crippen LogP contribution >= 0.6 is 0 Å². The Balaban J connectivity index is 1.77. The number of ether oxygens (including phenoxy) is 2. The van der Waals surface area contributed by atoms with Gasteiger partial charge in [0.05, 0.1) is 36.7 Å². The summed E-state index contributed by atoms with van der Waals surface area (Å²) in [4.78, 5) is 18.9. The number of hydrogen-bond donors (Lipinski definition) is 3. The van der Waals surface area contributed by atoms with E-state index in [1.165, 1.54) is 0 Å². The van der Waals surface area contributed by atoms with Gasteiger partial charge in [0.1, 0.15) is 23.2 Å². The number of aromatic nitrogens is 4. The molecule has 2 aliphatic heterocycles. The molecule has 2 aliphatic rings. The molecule has 10 nitrogen and oxygen atoms in total. The van der Waals surface area contributed by atoms with E-state index in [1.54, 1.807) is 19.3 Å². The third kappa shape index (κ3) is 2.93. The van der Waals surface area contributed by atoms with E-state index in [9.17, 15) is 8.76 Å². The molecule has 0 bridgehead atoms. The molecule has 3 aromatic heterocycles. The fourth-order valence-corrected chi connectivity index (χ4v) is 4.15. The first kappa shape index (κ1) is 18.3. The molecule has 5 heterocycles. The maximum atomic E-state index is 11.9. The lowest BCUT2D eigenvalue weighted by Crippen LogP contribution is -2.51. The molecule has 0 aromatic carbocycles. The maximum absolute atomic E-state index is 11.9. The molecule has 1 fully saturated rings. The quantitative estimate of drug-likeness (QED) is 0.542. The normalized spacial score (nSPS) is 20.6. The first-order chi connectivity index (χ1) is 14.0. The standard InChI is InChI=1S/C18H20N6O4S/c1-9(29(25)26)14-15-18(24-4-5-27-7-10(24)8-28-15)23-17(22-14)13-11-2-3-20-16(11)21-6-12(13)19/h2-3,6,9-10H,4-5,7-8,19H2,1H3,(H,20,21)(H,25,26). The van der Waals surface area contributed by atoms with Crippen LogP contribution in [0.2, 0.25) is 0 Å². The number of anilines is 2. The average Bonchev–Trinajstić information content (AvgIpc) is 3.20. The molecular weight excluding hydrogens is 396 g/mol. The molecule has 0 amide bonds. The van der Waals surface area contributed by atoms with E-state index in [0.29, 0.717) is 66.3 Å². The highest BCUT2D eigenvalue weighted by Gasteiger charge is 2.36. The number of rotatable bonds is 3. The van der Waals surface area contributed by atoms with Crippen LogP contribution in [0.3, 0.4) is 0 Å². The fourth-order valence-electron chi connectivity index (χ4n) is 3.80.